The van der Waals surface area contributed by atoms with Crippen molar-refractivity contribution in [2.75, 3.05) is 11.4 Å². The van der Waals surface area contributed by atoms with Crippen molar-refractivity contribution in [2.24, 2.45) is 0 Å². The van der Waals surface area contributed by atoms with Crippen molar-refractivity contribution in [3.05, 3.63) is 65.0 Å². The number of fused-ring (bicyclic) bond motifs is 1. The van der Waals surface area contributed by atoms with E-state index in [-0.39, 0.29) is 5.56 Å². The number of anilines is 1. The molecular weight excluding hydrogens is 257 g/mol. The number of halogens is 1. The van der Waals surface area contributed by atoms with E-state index < -0.39 is 11.8 Å². The number of nitrogens with zero attached hydrogens (tertiary/aromatic N) is 1. The number of carboxylic acids is 1. The molecule has 4 heteroatoms. The minimum absolute atomic E-state index is 0.0365. The molecule has 102 valence electrons. The van der Waals surface area contributed by atoms with Crippen LogP contribution in [-0.4, -0.2) is 17.6 Å². The van der Waals surface area contributed by atoms with E-state index in [4.69, 9.17) is 0 Å². The van der Waals surface area contributed by atoms with E-state index in [1.807, 2.05) is 18.2 Å². The lowest BCUT2D eigenvalue weighted by molar-refractivity contribution is 0.0695. The number of rotatable bonds is 3. The van der Waals surface area contributed by atoms with Crippen LogP contribution < -0.4 is 4.90 Å². The molecule has 0 amide bonds. The second-order valence-electron chi connectivity index (χ2n) is 4.91. The zero-order valence-electron chi connectivity index (χ0n) is 10.8. The van der Waals surface area contributed by atoms with Gasteiger partial charge in [0.2, 0.25) is 0 Å². The van der Waals surface area contributed by atoms with E-state index >= 15 is 0 Å². The predicted octanol–water partition coefficient (Wildman–Crippen LogP) is 3.09. The van der Waals surface area contributed by atoms with Crippen molar-refractivity contribution < 1.29 is 14.3 Å². The Morgan fingerprint density at radius 3 is 2.85 bits per heavy atom. The molecule has 0 fully saturated rings. The second kappa shape index (κ2) is 4.96. The van der Waals surface area contributed by atoms with E-state index in [0.29, 0.717) is 12.1 Å². The molecule has 0 radical (unpaired) electrons. The molecule has 3 rings (SSSR count). The fourth-order valence-electron chi connectivity index (χ4n) is 2.66. The van der Waals surface area contributed by atoms with Crippen LogP contribution >= 0.6 is 0 Å². The number of carbonyl (C=O) groups is 1. The number of benzene rings is 2. The largest absolute Gasteiger partial charge is 0.478 e. The van der Waals surface area contributed by atoms with Gasteiger partial charge in [-0.15, -0.1) is 0 Å². The fourth-order valence-corrected chi connectivity index (χ4v) is 2.66. The van der Waals surface area contributed by atoms with Gasteiger partial charge in [0.1, 0.15) is 5.82 Å². The van der Waals surface area contributed by atoms with E-state index in [1.54, 1.807) is 6.07 Å². The first-order valence-electron chi connectivity index (χ1n) is 6.50. The summed E-state index contributed by atoms with van der Waals surface area (Å²) in [5, 5.41) is 9.17. The molecule has 0 saturated heterocycles. The molecule has 2 aromatic carbocycles. The highest BCUT2D eigenvalue weighted by atomic mass is 19.1. The first kappa shape index (κ1) is 12.7. The maximum atomic E-state index is 13.2. The number of aromatic carboxylic acids is 1. The Balaban J connectivity index is 1.92. The third-order valence-electron chi connectivity index (χ3n) is 3.65. The summed E-state index contributed by atoms with van der Waals surface area (Å²) < 4.78 is 13.2. The van der Waals surface area contributed by atoms with Gasteiger partial charge in [0.05, 0.1) is 5.56 Å². The Kier molecular flexibility index (Phi) is 3.14. The summed E-state index contributed by atoms with van der Waals surface area (Å²) >= 11 is 0. The normalized spacial score (nSPS) is 13.3. The number of carboxylic acid groups (broad SMARTS) is 1. The standard InChI is InChI=1S/C16H14FNO2/c17-13-6-5-12(14(9-13)16(19)20)10-18-8-7-11-3-1-2-4-15(11)18/h1-6,9H,7-8,10H2,(H,19,20). The number of hydrogen-bond acceptors (Lipinski definition) is 2. The lowest BCUT2D eigenvalue weighted by Gasteiger charge is -2.20. The van der Waals surface area contributed by atoms with Crippen LogP contribution in [0.1, 0.15) is 21.5 Å². The zero-order valence-corrected chi connectivity index (χ0v) is 10.8. The van der Waals surface area contributed by atoms with Gasteiger partial charge in [-0.2, -0.15) is 0 Å². The Morgan fingerprint density at radius 1 is 1.25 bits per heavy atom. The molecule has 20 heavy (non-hydrogen) atoms. The third-order valence-corrected chi connectivity index (χ3v) is 3.65. The summed E-state index contributed by atoms with van der Waals surface area (Å²) in [6.45, 7) is 1.34. The Hall–Kier alpha value is -2.36. The molecule has 0 bridgehead atoms. The van der Waals surface area contributed by atoms with Gasteiger partial charge < -0.3 is 10.0 Å². The van der Waals surface area contributed by atoms with E-state index in [0.717, 1.165) is 24.7 Å². The van der Waals surface area contributed by atoms with Crippen LogP contribution in [0.4, 0.5) is 10.1 Å². The summed E-state index contributed by atoms with van der Waals surface area (Å²) in [5.74, 6) is -1.61. The summed E-state index contributed by atoms with van der Waals surface area (Å²) in [7, 11) is 0. The smallest absolute Gasteiger partial charge is 0.336 e. The molecule has 0 atom stereocenters. The third kappa shape index (κ3) is 2.25. The Labute approximate surface area is 116 Å². The average Bonchev–Trinajstić information content (AvgIpc) is 2.84. The molecule has 0 spiro atoms. The van der Waals surface area contributed by atoms with Crippen molar-refractivity contribution in [3.8, 4) is 0 Å². The highest BCUT2D eigenvalue weighted by Gasteiger charge is 2.20. The van der Waals surface area contributed by atoms with Crippen LogP contribution in [-0.2, 0) is 13.0 Å². The van der Waals surface area contributed by atoms with E-state index in [1.165, 1.54) is 11.6 Å². The molecule has 0 unspecified atom stereocenters. The van der Waals surface area contributed by atoms with Gasteiger partial charge in [0.15, 0.2) is 0 Å². The summed E-state index contributed by atoms with van der Waals surface area (Å²) in [5.41, 5.74) is 3.07. The van der Waals surface area contributed by atoms with Crippen molar-refractivity contribution in [3.63, 3.8) is 0 Å². The van der Waals surface area contributed by atoms with Crippen molar-refractivity contribution >= 4 is 11.7 Å². The maximum absolute atomic E-state index is 13.2. The Morgan fingerprint density at radius 2 is 2.05 bits per heavy atom. The SMILES string of the molecule is O=C(O)c1cc(F)ccc1CN1CCc2ccccc21. The monoisotopic (exact) mass is 271 g/mol. The summed E-state index contributed by atoms with van der Waals surface area (Å²) in [6.07, 6.45) is 0.958. The minimum Gasteiger partial charge on any atom is -0.478 e. The van der Waals surface area contributed by atoms with Gasteiger partial charge >= 0.3 is 5.97 Å². The lowest BCUT2D eigenvalue weighted by Crippen LogP contribution is -2.21. The van der Waals surface area contributed by atoms with Gasteiger partial charge in [-0.05, 0) is 35.7 Å². The van der Waals surface area contributed by atoms with Gasteiger partial charge in [-0.3, -0.25) is 0 Å². The van der Waals surface area contributed by atoms with Gasteiger partial charge in [-0.25, -0.2) is 9.18 Å². The highest BCUT2D eigenvalue weighted by Crippen LogP contribution is 2.29. The fraction of sp³-hybridized carbons (Fsp3) is 0.188. The molecular formula is C16H14FNO2. The first-order chi connectivity index (χ1) is 9.65. The molecule has 1 aliphatic rings. The van der Waals surface area contributed by atoms with Crippen LogP contribution in [0, 0.1) is 5.82 Å². The van der Waals surface area contributed by atoms with Crippen molar-refractivity contribution in [1.82, 2.24) is 0 Å². The minimum atomic E-state index is -1.09. The maximum Gasteiger partial charge on any atom is 0.336 e. The van der Waals surface area contributed by atoms with Crippen molar-refractivity contribution in [2.45, 2.75) is 13.0 Å². The molecule has 1 aliphatic heterocycles. The molecule has 3 nitrogen and oxygen atoms in total. The second-order valence-corrected chi connectivity index (χ2v) is 4.91. The zero-order chi connectivity index (χ0) is 14.1. The van der Waals surface area contributed by atoms with Crippen molar-refractivity contribution in [1.29, 1.82) is 0 Å². The van der Waals surface area contributed by atoms with Gasteiger partial charge in [0.25, 0.3) is 0 Å². The first-order valence-corrected chi connectivity index (χ1v) is 6.50. The predicted molar refractivity (Wildman–Crippen MR) is 74.6 cm³/mol. The van der Waals surface area contributed by atoms with Gasteiger partial charge in [-0.1, -0.05) is 24.3 Å². The molecule has 1 N–H and O–H groups in total. The molecule has 1 heterocycles. The average molecular weight is 271 g/mol. The number of para-hydroxylation sites is 1. The summed E-state index contributed by atoms with van der Waals surface area (Å²) in [6, 6.07) is 12.0. The summed E-state index contributed by atoms with van der Waals surface area (Å²) in [4.78, 5) is 13.3. The molecule has 0 saturated carbocycles. The molecule has 0 aromatic heterocycles. The van der Waals surface area contributed by atoms with Crippen LogP contribution in [0.15, 0.2) is 42.5 Å². The molecule has 2 aromatic rings. The van der Waals surface area contributed by atoms with Crippen LogP contribution in [0.3, 0.4) is 0 Å². The van der Waals surface area contributed by atoms with E-state index in [2.05, 4.69) is 11.0 Å². The van der Waals surface area contributed by atoms with Gasteiger partial charge in [0, 0.05) is 18.8 Å². The van der Waals surface area contributed by atoms with Crippen LogP contribution in [0.25, 0.3) is 0 Å². The highest BCUT2D eigenvalue weighted by molar-refractivity contribution is 5.89. The van der Waals surface area contributed by atoms with E-state index in [9.17, 15) is 14.3 Å². The lowest BCUT2D eigenvalue weighted by atomic mass is 10.1. The number of hydrogen-bond donors (Lipinski definition) is 1. The topological polar surface area (TPSA) is 40.5 Å². The quantitative estimate of drug-likeness (QED) is 0.932. The van der Waals surface area contributed by atoms with Crippen LogP contribution in [0.5, 0.6) is 0 Å². The Bertz CT molecular complexity index is 669. The molecule has 0 aliphatic carbocycles. The van der Waals surface area contributed by atoms with Crippen LogP contribution in [0.2, 0.25) is 0 Å².